The van der Waals surface area contributed by atoms with Crippen LogP contribution in [-0.2, 0) is 9.47 Å². The van der Waals surface area contributed by atoms with Crippen LogP contribution in [-0.4, -0.2) is 55.9 Å². The van der Waals surface area contributed by atoms with E-state index in [0.29, 0.717) is 6.61 Å². The number of epoxide rings is 1. The number of aliphatic hydroxyl groups excluding tert-OH is 2. The standard InChI is InChI=1S/C11H22O4Si/c1-16(2,3)5-4-14-6-7-8(12)10-11(15-10)9(7)13/h7-13H,4-6H2,1-3H3/t7?,8-,9+,10+,11-. The quantitative estimate of drug-likeness (QED) is 0.420. The van der Waals surface area contributed by atoms with Gasteiger partial charge in [-0.05, 0) is 6.04 Å². The lowest BCUT2D eigenvalue weighted by molar-refractivity contribution is -0.0457. The Bertz CT molecular complexity index is 239. The van der Waals surface area contributed by atoms with Crippen molar-refractivity contribution in [2.45, 2.75) is 50.1 Å². The molecule has 1 aliphatic heterocycles. The van der Waals surface area contributed by atoms with Gasteiger partial charge < -0.3 is 19.7 Å². The molecule has 0 radical (unpaired) electrons. The molecule has 1 aliphatic carbocycles. The highest BCUT2D eigenvalue weighted by Crippen LogP contribution is 2.42. The molecule has 0 aromatic heterocycles. The molecule has 1 saturated carbocycles. The third-order valence-electron chi connectivity index (χ3n) is 3.42. The molecule has 2 N–H and O–H groups in total. The molecule has 1 saturated heterocycles. The van der Waals surface area contributed by atoms with Crippen LogP contribution in [0.25, 0.3) is 0 Å². The summed E-state index contributed by atoms with van der Waals surface area (Å²) in [5.74, 6) is -0.162. The van der Waals surface area contributed by atoms with Gasteiger partial charge in [-0.3, -0.25) is 0 Å². The number of rotatable bonds is 5. The van der Waals surface area contributed by atoms with Crippen molar-refractivity contribution in [1.29, 1.82) is 0 Å². The maximum absolute atomic E-state index is 9.77. The first kappa shape index (κ1) is 12.5. The van der Waals surface area contributed by atoms with Crippen molar-refractivity contribution in [3.63, 3.8) is 0 Å². The summed E-state index contributed by atoms with van der Waals surface area (Å²) in [4.78, 5) is 0. The van der Waals surface area contributed by atoms with Crippen molar-refractivity contribution in [2.24, 2.45) is 5.92 Å². The van der Waals surface area contributed by atoms with Crippen LogP contribution < -0.4 is 0 Å². The van der Waals surface area contributed by atoms with Gasteiger partial charge in [0.25, 0.3) is 0 Å². The molecule has 0 amide bonds. The Kier molecular flexibility index (Phi) is 3.43. The molecule has 2 aliphatic rings. The molecule has 4 nitrogen and oxygen atoms in total. The van der Waals surface area contributed by atoms with Gasteiger partial charge in [-0.15, -0.1) is 0 Å². The second-order valence-electron chi connectivity index (χ2n) is 6.10. The summed E-state index contributed by atoms with van der Waals surface area (Å²) < 4.78 is 10.7. The van der Waals surface area contributed by atoms with Gasteiger partial charge in [0.15, 0.2) is 0 Å². The summed E-state index contributed by atoms with van der Waals surface area (Å²) in [5.41, 5.74) is 0. The van der Waals surface area contributed by atoms with Crippen molar-refractivity contribution in [2.75, 3.05) is 13.2 Å². The van der Waals surface area contributed by atoms with Crippen molar-refractivity contribution >= 4 is 8.07 Å². The molecule has 2 rings (SSSR count). The summed E-state index contributed by atoms with van der Waals surface area (Å²) >= 11 is 0. The molecule has 16 heavy (non-hydrogen) atoms. The van der Waals surface area contributed by atoms with E-state index in [1.165, 1.54) is 0 Å². The SMILES string of the molecule is C[Si](C)(C)CCOCC1[C@@H](O)[C@@H]2O[C@@H]2[C@H]1O. The minimum atomic E-state index is -1.05. The Labute approximate surface area is 97.6 Å². The first-order valence-corrected chi connectivity index (χ1v) is 9.70. The van der Waals surface area contributed by atoms with E-state index in [2.05, 4.69) is 19.6 Å². The summed E-state index contributed by atoms with van der Waals surface area (Å²) in [6.07, 6.45) is -1.38. The average molecular weight is 246 g/mol. The van der Waals surface area contributed by atoms with Crippen LogP contribution in [0.3, 0.4) is 0 Å². The highest BCUT2D eigenvalue weighted by atomic mass is 28.3. The summed E-state index contributed by atoms with van der Waals surface area (Å²) in [6, 6.07) is 1.12. The van der Waals surface area contributed by atoms with Gasteiger partial charge >= 0.3 is 0 Å². The minimum absolute atomic E-state index is 0.138. The van der Waals surface area contributed by atoms with Crippen LogP contribution >= 0.6 is 0 Å². The molecule has 1 unspecified atom stereocenters. The highest BCUT2D eigenvalue weighted by molar-refractivity contribution is 6.76. The maximum atomic E-state index is 9.77. The molecule has 0 spiro atoms. The highest BCUT2D eigenvalue weighted by Gasteiger charge is 2.61. The van der Waals surface area contributed by atoms with Gasteiger partial charge in [0.1, 0.15) is 12.2 Å². The third-order valence-corrected chi connectivity index (χ3v) is 5.12. The van der Waals surface area contributed by atoms with Gasteiger partial charge in [-0.1, -0.05) is 19.6 Å². The zero-order chi connectivity index (χ0) is 11.9. The predicted molar refractivity (Wildman–Crippen MR) is 63.1 cm³/mol. The van der Waals surface area contributed by atoms with E-state index in [4.69, 9.17) is 9.47 Å². The fourth-order valence-electron chi connectivity index (χ4n) is 2.17. The Morgan fingerprint density at radius 1 is 1.12 bits per heavy atom. The fraction of sp³-hybridized carbons (Fsp3) is 1.00. The lowest BCUT2D eigenvalue weighted by Gasteiger charge is -2.22. The second kappa shape index (κ2) is 4.38. The zero-order valence-corrected chi connectivity index (χ0v) is 11.2. The molecular weight excluding hydrogens is 224 g/mol. The second-order valence-corrected chi connectivity index (χ2v) is 11.7. The predicted octanol–water partition coefficient (Wildman–Crippen LogP) is 0.460. The minimum Gasteiger partial charge on any atom is -0.390 e. The molecule has 0 aromatic carbocycles. The molecule has 1 heterocycles. The van der Waals surface area contributed by atoms with E-state index in [1.54, 1.807) is 0 Å². The monoisotopic (exact) mass is 246 g/mol. The number of hydrogen-bond acceptors (Lipinski definition) is 4. The van der Waals surface area contributed by atoms with Crippen LogP contribution in [0, 0.1) is 5.92 Å². The number of ether oxygens (including phenoxy) is 2. The topological polar surface area (TPSA) is 62.2 Å². The first-order valence-electron chi connectivity index (χ1n) is 5.99. The van der Waals surface area contributed by atoms with E-state index in [0.717, 1.165) is 12.7 Å². The van der Waals surface area contributed by atoms with E-state index in [1.807, 2.05) is 0 Å². The molecule has 94 valence electrons. The summed E-state index contributed by atoms with van der Waals surface area (Å²) in [7, 11) is -1.05. The van der Waals surface area contributed by atoms with Crippen LogP contribution in [0.4, 0.5) is 0 Å². The smallest absolute Gasteiger partial charge is 0.113 e. The maximum Gasteiger partial charge on any atom is 0.113 e. The van der Waals surface area contributed by atoms with Gasteiger partial charge in [0.2, 0.25) is 0 Å². The van der Waals surface area contributed by atoms with Crippen molar-refractivity contribution in [3.05, 3.63) is 0 Å². The van der Waals surface area contributed by atoms with Crippen LogP contribution in [0.5, 0.6) is 0 Å². The summed E-state index contributed by atoms with van der Waals surface area (Å²) in [6.45, 7) is 8.10. The summed E-state index contributed by atoms with van der Waals surface area (Å²) in [5, 5.41) is 19.5. The van der Waals surface area contributed by atoms with E-state index in [9.17, 15) is 10.2 Å². The third kappa shape index (κ3) is 2.65. The molecule has 5 atom stereocenters. The van der Waals surface area contributed by atoms with Gasteiger partial charge in [-0.2, -0.15) is 0 Å². The van der Waals surface area contributed by atoms with Gasteiger partial charge in [0, 0.05) is 20.6 Å². The lowest BCUT2D eigenvalue weighted by Crippen LogP contribution is -2.34. The molecular formula is C11H22O4Si. The number of fused-ring (bicyclic) bond motifs is 1. The van der Waals surface area contributed by atoms with Crippen LogP contribution in [0.2, 0.25) is 25.7 Å². The number of hydrogen-bond donors (Lipinski definition) is 2. The van der Waals surface area contributed by atoms with Crippen LogP contribution in [0.15, 0.2) is 0 Å². The van der Waals surface area contributed by atoms with Crippen molar-refractivity contribution in [1.82, 2.24) is 0 Å². The van der Waals surface area contributed by atoms with Crippen LogP contribution in [0.1, 0.15) is 0 Å². The lowest BCUT2D eigenvalue weighted by atomic mass is 10.0. The van der Waals surface area contributed by atoms with Gasteiger partial charge in [0.05, 0.1) is 18.8 Å². The fourth-order valence-corrected chi connectivity index (χ4v) is 2.93. The van der Waals surface area contributed by atoms with E-state index >= 15 is 0 Å². The first-order chi connectivity index (χ1) is 7.40. The van der Waals surface area contributed by atoms with Gasteiger partial charge in [-0.25, -0.2) is 0 Å². The Balaban J connectivity index is 1.67. The number of aliphatic hydroxyl groups is 2. The van der Waals surface area contributed by atoms with E-state index in [-0.39, 0.29) is 18.1 Å². The Morgan fingerprint density at radius 3 is 2.19 bits per heavy atom. The Hall–Kier alpha value is 0.0569. The Morgan fingerprint density at radius 2 is 1.69 bits per heavy atom. The molecule has 5 heteroatoms. The average Bonchev–Trinajstić information content (AvgIpc) is 2.89. The largest absolute Gasteiger partial charge is 0.390 e. The van der Waals surface area contributed by atoms with Crippen molar-refractivity contribution < 1.29 is 19.7 Å². The molecule has 0 aromatic rings. The molecule has 0 bridgehead atoms. The normalized spacial score (nSPS) is 42.2. The zero-order valence-electron chi connectivity index (χ0n) is 10.2. The molecule has 2 fully saturated rings. The van der Waals surface area contributed by atoms with E-state index < -0.39 is 20.3 Å². The van der Waals surface area contributed by atoms with Crippen molar-refractivity contribution in [3.8, 4) is 0 Å².